The fourth-order valence-electron chi connectivity index (χ4n) is 2.29. The Bertz CT molecular complexity index is 293. The highest BCUT2D eigenvalue weighted by Gasteiger charge is 2.14. The summed E-state index contributed by atoms with van der Waals surface area (Å²) in [5.74, 6) is -1.02. The number of hydrogen-bond donors (Lipinski definition) is 2. The van der Waals surface area contributed by atoms with E-state index in [9.17, 15) is 9.59 Å². The van der Waals surface area contributed by atoms with Crippen LogP contribution in [0.2, 0.25) is 0 Å². The Hall–Kier alpha value is -1.06. The molecular formula is C18H36N2O2. The zero-order chi connectivity index (χ0) is 16.6. The van der Waals surface area contributed by atoms with E-state index in [0.717, 1.165) is 19.3 Å². The Morgan fingerprint density at radius 1 is 0.773 bits per heavy atom. The van der Waals surface area contributed by atoms with E-state index in [1.807, 2.05) is 13.8 Å². The number of unbranched alkanes of at least 4 members (excludes halogenated alkanes) is 9. The summed E-state index contributed by atoms with van der Waals surface area (Å²) in [5.41, 5.74) is 0. The summed E-state index contributed by atoms with van der Waals surface area (Å²) in [6, 6.07) is 0.0515. The molecule has 130 valence electrons. The van der Waals surface area contributed by atoms with Crippen LogP contribution in [0.1, 0.15) is 91.4 Å². The van der Waals surface area contributed by atoms with Gasteiger partial charge in [0, 0.05) is 12.6 Å². The van der Waals surface area contributed by atoms with Crippen LogP contribution in [-0.4, -0.2) is 24.4 Å². The van der Waals surface area contributed by atoms with E-state index in [1.54, 1.807) is 0 Å². The number of amides is 2. The van der Waals surface area contributed by atoms with Gasteiger partial charge >= 0.3 is 11.8 Å². The van der Waals surface area contributed by atoms with Crippen molar-refractivity contribution >= 4 is 11.8 Å². The molecular weight excluding hydrogens is 276 g/mol. The molecule has 0 aliphatic rings. The molecule has 0 spiro atoms. The van der Waals surface area contributed by atoms with Gasteiger partial charge in [0.15, 0.2) is 0 Å². The lowest BCUT2D eigenvalue weighted by molar-refractivity contribution is -0.139. The first-order valence-electron chi connectivity index (χ1n) is 9.20. The molecule has 0 aromatic heterocycles. The minimum Gasteiger partial charge on any atom is -0.348 e. The fourth-order valence-corrected chi connectivity index (χ4v) is 2.29. The molecule has 22 heavy (non-hydrogen) atoms. The van der Waals surface area contributed by atoms with Crippen LogP contribution in [0, 0.1) is 0 Å². The quantitative estimate of drug-likeness (QED) is 0.400. The molecule has 0 aromatic rings. The summed E-state index contributed by atoms with van der Waals surface area (Å²) in [7, 11) is 0. The van der Waals surface area contributed by atoms with Crippen molar-refractivity contribution < 1.29 is 9.59 Å². The Kier molecular flexibility index (Phi) is 14.1. The van der Waals surface area contributed by atoms with Crippen molar-refractivity contribution in [3.63, 3.8) is 0 Å². The third-order valence-electron chi connectivity index (χ3n) is 4.01. The van der Waals surface area contributed by atoms with Gasteiger partial charge in [0.25, 0.3) is 0 Å². The highest BCUT2D eigenvalue weighted by molar-refractivity contribution is 6.35. The molecule has 2 amide bonds. The molecule has 0 saturated carbocycles. The van der Waals surface area contributed by atoms with Gasteiger partial charge in [-0.25, -0.2) is 0 Å². The van der Waals surface area contributed by atoms with Crippen LogP contribution in [0.5, 0.6) is 0 Å². The van der Waals surface area contributed by atoms with Gasteiger partial charge in [-0.2, -0.15) is 0 Å². The van der Waals surface area contributed by atoms with Crippen LogP contribution in [-0.2, 0) is 9.59 Å². The van der Waals surface area contributed by atoms with Gasteiger partial charge in [-0.05, 0) is 19.8 Å². The number of carbonyl (C=O) groups is 2. The molecule has 0 rings (SSSR count). The molecule has 2 N–H and O–H groups in total. The van der Waals surface area contributed by atoms with Crippen LogP contribution in [0.15, 0.2) is 0 Å². The Labute approximate surface area is 136 Å². The standard InChI is InChI=1S/C18H36N2O2/c1-4-6-7-8-9-10-11-12-13-14-15-19-17(21)18(22)20-16(3)5-2/h16H,4-15H2,1-3H3,(H,19,21)(H,20,22)/t16-/m0/s1. The van der Waals surface area contributed by atoms with Crippen molar-refractivity contribution in [2.75, 3.05) is 6.54 Å². The first-order valence-corrected chi connectivity index (χ1v) is 9.20. The van der Waals surface area contributed by atoms with Crippen LogP contribution < -0.4 is 10.6 Å². The van der Waals surface area contributed by atoms with E-state index in [4.69, 9.17) is 0 Å². The molecule has 0 aromatic carbocycles. The van der Waals surface area contributed by atoms with Crippen molar-refractivity contribution in [2.45, 2.75) is 97.4 Å². The second kappa shape index (κ2) is 14.9. The minimum atomic E-state index is -0.513. The van der Waals surface area contributed by atoms with Crippen LogP contribution in [0.4, 0.5) is 0 Å². The molecule has 0 unspecified atom stereocenters. The molecule has 0 fully saturated rings. The molecule has 1 atom stereocenters. The normalized spacial score (nSPS) is 12.0. The van der Waals surface area contributed by atoms with Gasteiger partial charge in [-0.1, -0.05) is 71.6 Å². The van der Waals surface area contributed by atoms with Gasteiger partial charge in [-0.15, -0.1) is 0 Å². The van der Waals surface area contributed by atoms with Gasteiger partial charge < -0.3 is 10.6 Å². The monoisotopic (exact) mass is 312 g/mol. The van der Waals surface area contributed by atoms with Crippen molar-refractivity contribution in [3.05, 3.63) is 0 Å². The molecule has 0 aliphatic heterocycles. The highest BCUT2D eigenvalue weighted by Crippen LogP contribution is 2.10. The van der Waals surface area contributed by atoms with E-state index >= 15 is 0 Å². The molecule has 4 heteroatoms. The Balaban J connectivity index is 3.35. The van der Waals surface area contributed by atoms with Crippen molar-refractivity contribution in [1.82, 2.24) is 10.6 Å². The number of nitrogens with one attached hydrogen (secondary N) is 2. The van der Waals surface area contributed by atoms with Crippen molar-refractivity contribution in [1.29, 1.82) is 0 Å². The summed E-state index contributed by atoms with van der Waals surface area (Å²) in [6.07, 6.45) is 13.5. The molecule has 4 nitrogen and oxygen atoms in total. The number of hydrogen-bond acceptors (Lipinski definition) is 2. The molecule has 0 heterocycles. The minimum absolute atomic E-state index is 0.0515. The smallest absolute Gasteiger partial charge is 0.309 e. The average molecular weight is 312 g/mol. The van der Waals surface area contributed by atoms with Crippen LogP contribution in [0.25, 0.3) is 0 Å². The van der Waals surface area contributed by atoms with Crippen LogP contribution in [0.3, 0.4) is 0 Å². The Morgan fingerprint density at radius 2 is 1.27 bits per heavy atom. The summed E-state index contributed by atoms with van der Waals surface area (Å²) >= 11 is 0. The van der Waals surface area contributed by atoms with Gasteiger partial charge in [0.1, 0.15) is 0 Å². The first kappa shape index (κ1) is 20.9. The van der Waals surface area contributed by atoms with E-state index in [-0.39, 0.29) is 6.04 Å². The third kappa shape index (κ3) is 12.7. The molecule has 0 saturated heterocycles. The topological polar surface area (TPSA) is 58.2 Å². The van der Waals surface area contributed by atoms with Gasteiger partial charge in [-0.3, -0.25) is 9.59 Å². The zero-order valence-electron chi connectivity index (χ0n) is 14.9. The Morgan fingerprint density at radius 3 is 1.77 bits per heavy atom. The van der Waals surface area contributed by atoms with Gasteiger partial charge in [0.05, 0.1) is 0 Å². The largest absolute Gasteiger partial charge is 0.348 e. The van der Waals surface area contributed by atoms with Crippen LogP contribution >= 0.6 is 0 Å². The SMILES string of the molecule is CCCCCCCCCCCCNC(=O)C(=O)N[C@@H](C)CC. The third-order valence-corrected chi connectivity index (χ3v) is 4.01. The molecule has 0 aliphatic carbocycles. The summed E-state index contributed by atoms with van der Waals surface area (Å²) in [5, 5.41) is 5.35. The number of rotatable bonds is 13. The molecule has 0 radical (unpaired) electrons. The molecule has 0 bridgehead atoms. The van der Waals surface area contributed by atoms with Crippen molar-refractivity contribution in [2.24, 2.45) is 0 Å². The predicted octanol–water partition coefficient (Wildman–Crippen LogP) is 3.94. The predicted molar refractivity (Wildman–Crippen MR) is 92.7 cm³/mol. The van der Waals surface area contributed by atoms with E-state index in [2.05, 4.69) is 17.6 Å². The summed E-state index contributed by atoms with van der Waals surface area (Å²) < 4.78 is 0. The van der Waals surface area contributed by atoms with Crippen molar-refractivity contribution in [3.8, 4) is 0 Å². The lowest BCUT2D eigenvalue weighted by atomic mass is 10.1. The zero-order valence-corrected chi connectivity index (χ0v) is 14.9. The lowest BCUT2D eigenvalue weighted by Crippen LogP contribution is -2.43. The average Bonchev–Trinajstić information content (AvgIpc) is 2.52. The maximum atomic E-state index is 11.5. The maximum absolute atomic E-state index is 11.5. The first-order chi connectivity index (χ1) is 10.6. The maximum Gasteiger partial charge on any atom is 0.309 e. The van der Waals surface area contributed by atoms with E-state index in [1.165, 1.54) is 51.4 Å². The van der Waals surface area contributed by atoms with E-state index < -0.39 is 11.8 Å². The second-order valence-corrected chi connectivity index (χ2v) is 6.22. The summed E-state index contributed by atoms with van der Waals surface area (Å²) in [6.45, 7) is 6.72. The summed E-state index contributed by atoms with van der Waals surface area (Å²) in [4.78, 5) is 23.0. The number of carbonyl (C=O) groups excluding carboxylic acids is 2. The fraction of sp³-hybridized carbons (Fsp3) is 0.889. The van der Waals surface area contributed by atoms with Gasteiger partial charge in [0.2, 0.25) is 0 Å². The highest BCUT2D eigenvalue weighted by atomic mass is 16.2. The van der Waals surface area contributed by atoms with E-state index in [0.29, 0.717) is 6.54 Å². The lowest BCUT2D eigenvalue weighted by Gasteiger charge is -2.11. The second-order valence-electron chi connectivity index (χ2n) is 6.22.